The van der Waals surface area contributed by atoms with Crippen LogP contribution in [0.2, 0.25) is 0 Å². The van der Waals surface area contributed by atoms with Crippen molar-refractivity contribution in [1.82, 2.24) is 4.98 Å². The minimum atomic E-state index is -3.18. The molecule has 0 bridgehead atoms. The van der Waals surface area contributed by atoms with E-state index in [0.29, 0.717) is 12.1 Å². The van der Waals surface area contributed by atoms with Crippen LogP contribution in [0.1, 0.15) is 54.3 Å². The van der Waals surface area contributed by atoms with E-state index < -0.39 is 35.8 Å². The molecule has 2 unspecified atom stereocenters. The van der Waals surface area contributed by atoms with Crippen molar-refractivity contribution in [2.24, 2.45) is 0 Å². The number of aromatic nitrogens is 1. The molecule has 30 heavy (non-hydrogen) atoms. The lowest BCUT2D eigenvalue weighted by atomic mass is 9.74. The number of allylic oxidation sites excluding steroid dienone is 1. The molecular weight excluding hydrogens is 394 g/mol. The van der Waals surface area contributed by atoms with E-state index >= 15 is 0 Å². The molecule has 1 aromatic heterocycles. The first-order valence-electron chi connectivity index (χ1n) is 10.0. The Morgan fingerprint density at radius 1 is 1.07 bits per heavy atom. The second kappa shape index (κ2) is 9.45. The van der Waals surface area contributed by atoms with Gasteiger partial charge in [-0.05, 0) is 43.4 Å². The van der Waals surface area contributed by atoms with Crippen LogP contribution in [0.25, 0.3) is 0 Å². The molecule has 2 aromatic rings. The number of alkyl halides is 2. The fraction of sp³-hybridized carbons (Fsp3) is 0.375. The van der Waals surface area contributed by atoms with Crippen LogP contribution in [0.5, 0.6) is 5.75 Å². The first-order chi connectivity index (χ1) is 14.4. The molecule has 1 aliphatic rings. The summed E-state index contributed by atoms with van der Waals surface area (Å²) in [5, 5.41) is 0. The van der Waals surface area contributed by atoms with Crippen molar-refractivity contribution in [3.05, 3.63) is 84.2 Å². The molecule has 0 amide bonds. The average molecular weight is 419 g/mol. The van der Waals surface area contributed by atoms with Crippen LogP contribution in [0.3, 0.4) is 0 Å². The molecule has 1 saturated carbocycles. The second-order valence-corrected chi connectivity index (χ2v) is 7.59. The lowest BCUT2D eigenvalue weighted by Gasteiger charge is -2.36. The summed E-state index contributed by atoms with van der Waals surface area (Å²) in [6, 6.07) is 6.07. The van der Waals surface area contributed by atoms with Crippen LogP contribution in [-0.4, -0.2) is 17.5 Å². The van der Waals surface area contributed by atoms with Crippen molar-refractivity contribution < 1.29 is 22.3 Å². The maximum absolute atomic E-state index is 15.0. The van der Waals surface area contributed by atoms with Gasteiger partial charge in [-0.15, -0.1) is 6.58 Å². The number of aryl methyl sites for hydroxylation is 1. The predicted molar refractivity (Wildman–Crippen MR) is 109 cm³/mol. The van der Waals surface area contributed by atoms with E-state index in [-0.39, 0.29) is 24.3 Å². The fourth-order valence-corrected chi connectivity index (χ4v) is 3.96. The van der Waals surface area contributed by atoms with Crippen molar-refractivity contribution in [2.45, 2.75) is 49.9 Å². The molecule has 0 aliphatic heterocycles. The number of pyridine rings is 1. The Labute approximate surface area is 174 Å². The molecule has 1 aromatic carbocycles. The van der Waals surface area contributed by atoms with E-state index in [0.717, 1.165) is 18.4 Å². The van der Waals surface area contributed by atoms with E-state index in [2.05, 4.69) is 18.1 Å². The van der Waals surface area contributed by atoms with Crippen LogP contribution in [0.15, 0.2) is 55.8 Å². The molecule has 0 radical (unpaired) electrons. The normalized spacial score (nSPS) is 20.5. The molecule has 1 heterocycles. The van der Waals surface area contributed by atoms with Gasteiger partial charge < -0.3 is 4.74 Å². The van der Waals surface area contributed by atoms with Gasteiger partial charge in [-0.25, -0.2) is 13.2 Å². The summed E-state index contributed by atoms with van der Waals surface area (Å²) in [6.45, 7) is 7.11. The zero-order valence-corrected chi connectivity index (χ0v) is 16.7. The van der Waals surface area contributed by atoms with Gasteiger partial charge in [-0.2, -0.15) is 4.39 Å². The van der Waals surface area contributed by atoms with E-state index in [9.17, 15) is 17.6 Å². The lowest BCUT2D eigenvalue weighted by molar-refractivity contribution is -0.0629. The molecule has 160 valence electrons. The Balaban J connectivity index is 1.76. The minimum absolute atomic E-state index is 0.00362. The second-order valence-electron chi connectivity index (χ2n) is 7.59. The monoisotopic (exact) mass is 419 g/mol. The van der Waals surface area contributed by atoms with Crippen LogP contribution in [0, 0.1) is 11.6 Å². The quantitative estimate of drug-likeness (QED) is 0.350. The van der Waals surface area contributed by atoms with Gasteiger partial charge >= 0.3 is 0 Å². The summed E-state index contributed by atoms with van der Waals surface area (Å²) >= 11 is 0. The first kappa shape index (κ1) is 22.1. The van der Waals surface area contributed by atoms with E-state index in [1.54, 1.807) is 12.3 Å². The molecule has 6 heteroatoms. The molecule has 0 saturated heterocycles. The van der Waals surface area contributed by atoms with Gasteiger partial charge in [-0.3, -0.25) is 4.98 Å². The average Bonchev–Trinajstić information content (AvgIpc) is 2.73. The zero-order chi connectivity index (χ0) is 21.7. The highest BCUT2D eigenvalue weighted by molar-refractivity contribution is 5.35. The van der Waals surface area contributed by atoms with Gasteiger partial charge in [0, 0.05) is 29.8 Å². The van der Waals surface area contributed by atoms with Gasteiger partial charge in [-0.1, -0.05) is 30.9 Å². The van der Waals surface area contributed by atoms with Gasteiger partial charge in [0.1, 0.15) is 6.61 Å². The summed E-state index contributed by atoms with van der Waals surface area (Å²) in [5.74, 6) is -7.82. The largest absolute Gasteiger partial charge is 0.486 e. The zero-order valence-electron chi connectivity index (χ0n) is 16.7. The summed E-state index contributed by atoms with van der Waals surface area (Å²) in [6.07, 6.45) is 6.56. The minimum Gasteiger partial charge on any atom is -0.486 e. The summed E-state index contributed by atoms with van der Waals surface area (Å²) in [7, 11) is 0. The topological polar surface area (TPSA) is 22.1 Å². The molecule has 2 atom stereocenters. The van der Waals surface area contributed by atoms with Crippen LogP contribution >= 0.6 is 0 Å². The Morgan fingerprint density at radius 2 is 1.87 bits per heavy atom. The number of nitrogens with zero attached hydrogens (tertiary/aromatic N) is 1. The van der Waals surface area contributed by atoms with Gasteiger partial charge in [0.2, 0.25) is 5.82 Å². The van der Waals surface area contributed by atoms with Crippen molar-refractivity contribution in [3.63, 3.8) is 0 Å². The highest BCUT2D eigenvalue weighted by atomic mass is 19.3. The van der Waals surface area contributed by atoms with E-state index in [1.807, 2.05) is 12.1 Å². The van der Waals surface area contributed by atoms with Crippen molar-refractivity contribution in [3.8, 4) is 5.75 Å². The highest BCUT2D eigenvalue weighted by Crippen LogP contribution is 2.50. The number of hydrogen-bond donors (Lipinski definition) is 0. The van der Waals surface area contributed by atoms with Crippen LogP contribution in [0.4, 0.5) is 17.6 Å². The highest BCUT2D eigenvalue weighted by Gasteiger charge is 2.47. The van der Waals surface area contributed by atoms with Crippen molar-refractivity contribution in [2.75, 3.05) is 6.61 Å². The van der Waals surface area contributed by atoms with E-state index in [1.165, 1.54) is 18.2 Å². The Hall–Kier alpha value is -2.63. The third kappa shape index (κ3) is 4.74. The molecular formula is C24H25F4NO. The van der Waals surface area contributed by atoms with E-state index in [4.69, 9.17) is 4.74 Å². The maximum atomic E-state index is 15.0. The molecule has 1 fully saturated rings. The molecule has 0 spiro atoms. The van der Waals surface area contributed by atoms with Crippen molar-refractivity contribution >= 4 is 0 Å². The molecule has 2 nitrogen and oxygen atoms in total. The first-order valence-corrected chi connectivity index (χ1v) is 10.0. The lowest BCUT2D eigenvalue weighted by Crippen LogP contribution is -2.34. The summed E-state index contributed by atoms with van der Waals surface area (Å²) in [5.41, 5.74) is 1.32. The van der Waals surface area contributed by atoms with Gasteiger partial charge in [0.25, 0.3) is 5.92 Å². The maximum Gasteiger partial charge on any atom is 0.255 e. The van der Waals surface area contributed by atoms with Crippen molar-refractivity contribution in [1.29, 1.82) is 0 Å². The number of benzene rings is 1. The standard InChI is InChI=1S/C24H25F4NO/c1-3-5-6-16-7-11-20(29-15-16)17-8-10-19(24(27,28)14-17)18-9-12-21(30-13-4-2)23(26)22(18)25/h3-4,7,9,11-12,15,17,19H,1-2,5-6,8,10,13-14H2. The van der Waals surface area contributed by atoms with Gasteiger partial charge in [0.05, 0.1) is 5.92 Å². The number of hydrogen-bond acceptors (Lipinski definition) is 2. The SMILES string of the molecule is C=CCCc1ccc(C2CCC(c3ccc(OCC=C)c(F)c3F)C(F)(F)C2)nc1. The Bertz CT molecular complexity index is 895. The number of rotatable bonds is 8. The molecule has 1 aliphatic carbocycles. The Kier molecular flexibility index (Phi) is 6.95. The molecule has 3 rings (SSSR count). The third-order valence-electron chi connectivity index (χ3n) is 5.54. The number of ether oxygens (including phenoxy) is 1. The predicted octanol–water partition coefficient (Wildman–Crippen LogP) is 6.73. The van der Waals surface area contributed by atoms with Crippen LogP contribution < -0.4 is 4.74 Å². The summed E-state index contributed by atoms with van der Waals surface area (Å²) < 4.78 is 63.8. The van der Waals surface area contributed by atoms with Crippen LogP contribution in [-0.2, 0) is 6.42 Å². The third-order valence-corrected chi connectivity index (χ3v) is 5.54. The smallest absolute Gasteiger partial charge is 0.255 e. The number of halogens is 4. The fourth-order valence-electron chi connectivity index (χ4n) is 3.96. The summed E-state index contributed by atoms with van der Waals surface area (Å²) in [4.78, 5) is 4.36. The van der Waals surface area contributed by atoms with Gasteiger partial charge in [0.15, 0.2) is 11.6 Å². The Morgan fingerprint density at radius 3 is 2.50 bits per heavy atom. The molecule has 0 N–H and O–H groups in total.